The monoisotopic (exact) mass is 351 g/mol. The lowest BCUT2D eigenvalue weighted by atomic mass is 10.3. The zero-order valence-electron chi connectivity index (χ0n) is 12.4. The van der Waals surface area contributed by atoms with Gasteiger partial charge in [-0.05, 0) is 66.3 Å². The van der Waals surface area contributed by atoms with Gasteiger partial charge in [0.05, 0.1) is 10.8 Å². The lowest BCUT2D eigenvalue weighted by Gasteiger charge is -2.08. The predicted molar refractivity (Wildman–Crippen MR) is 82.1 cm³/mol. The van der Waals surface area contributed by atoms with Crippen molar-refractivity contribution < 1.29 is 27.2 Å². The molecule has 0 saturated heterocycles. The van der Waals surface area contributed by atoms with Crippen LogP contribution in [-0.4, -0.2) is 14.4 Å². The molecular weight excluding hydrogens is 337 g/mol. The Hall–Kier alpha value is -2.45. The lowest BCUT2D eigenvalue weighted by molar-refractivity contribution is -0.148. The molecule has 6 nitrogen and oxygen atoms in total. The van der Waals surface area contributed by atoms with Gasteiger partial charge in [0.2, 0.25) is 0 Å². The van der Waals surface area contributed by atoms with Gasteiger partial charge < -0.3 is 9.57 Å². The lowest BCUT2D eigenvalue weighted by Crippen LogP contribution is -2.27. The molecule has 8 heteroatoms. The van der Waals surface area contributed by atoms with Gasteiger partial charge in [-0.2, -0.15) is 0 Å². The highest BCUT2D eigenvalue weighted by molar-refractivity contribution is 7.89. The Bertz CT molecular complexity index is 830. The molecule has 1 saturated carbocycles. The van der Waals surface area contributed by atoms with Crippen LogP contribution in [0.4, 0.5) is 4.39 Å². The summed E-state index contributed by atoms with van der Waals surface area (Å²) in [4.78, 5) is 17.7. The molecule has 2 aromatic carbocycles. The van der Waals surface area contributed by atoms with Gasteiger partial charge in [0.1, 0.15) is 17.3 Å². The summed E-state index contributed by atoms with van der Waals surface area (Å²) in [7, 11) is -3.95. The Kier molecular flexibility index (Phi) is 4.50. The van der Waals surface area contributed by atoms with Gasteiger partial charge in [0, 0.05) is 0 Å². The number of hydrogen-bond donors (Lipinski definition) is 1. The first-order valence-electron chi connectivity index (χ1n) is 7.20. The minimum atomic E-state index is -3.95. The van der Waals surface area contributed by atoms with Crippen molar-refractivity contribution in [1.82, 2.24) is 4.89 Å². The SMILES string of the molecule is O=C(ONS(=O)(=O)c1ccc(Oc2ccc(F)cc2)cc1)C1CC1. The second-order valence-corrected chi connectivity index (χ2v) is 6.95. The third kappa shape index (κ3) is 4.09. The Morgan fingerprint density at radius 2 is 1.54 bits per heavy atom. The van der Waals surface area contributed by atoms with Crippen LogP contribution in [0.5, 0.6) is 11.5 Å². The van der Waals surface area contributed by atoms with E-state index in [0.717, 1.165) is 12.8 Å². The van der Waals surface area contributed by atoms with E-state index in [9.17, 15) is 17.6 Å². The van der Waals surface area contributed by atoms with E-state index in [2.05, 4.69) is 4.84 Å². The van der Waals surface area contributed by atoms with Crippen LogP contribution in [0.3, 0.4) is 0 Å². The first kappa shape index (κ1) is 16.4. The van der Waals surface area contributed by atoms with E-state index in [1.165, 1.54) is 48.5 Å². The van der Waals surface area contributed by atoms with E-state index < -0.39 is 16.0 Å². The van der Waals surface area contributed by atoms with Gasteiger partial charge in [-0.15, -0.1) is 0 Å². The van der Waals surface area contributed by atoms with Gasteiger partial charge in [0.15, 0.2) is 0 Å². The molecule has 0 unspecified atom stereocenters. The molecule has 1 N–H and O–H groups in total. The van der Waals surface area contributed by atoms with E-state index in [1.54, 1.807) is 0 Å². The van der Waals surface area contributed by atoms with Crippen molar-refractivity contribution in [2.24, 2.45) is 5.92 Å². The maximum Gasteiger partial charge on any atom is 0.329 e. The van der Waals surface area contributed by atoms with Crippen molar-refractivity contribution >= 4 is 16.0 Å². The number of carbonyl (C=O) groups excluding carboxylic acids is 1. The van der Waals surface area contributed by atoms with E-state index >= 15 is 0 Å². The van der Waals surface area contributed by atoms with Crippen molar-refractivity contribution in [1.29, 1.82) is 0 Å². The summed E-state index contributed by atoms with van der Waals surface area (Å²) >= 11 is 0. The highest BCUT2D eigenvalue weighted by atomic mass is 32.2. The van der Waals surface area contributed by atoms with Gasteiger partial charge in [0.25, 0.3) is 10.0 Å². The molecule has 1 aliphatic carbocycles. The number of carbonyl (C=O) groups is 1. The Labute approximate surface area is 138 Å². The fourth-order valence-corrected chi connectivity index (χ4v) is 2.65. The molecule has 126 valence electrons. The second-order valence-electron chi connectivity index (χ2n) is 5.31. The molecule has 0 radical (unpaired) electrons. The molecule has 0 aliphatic heterocycles. The number of sulfonamides is 1. The van der Waals surface area contributed by atoms with Crippen LogP contribution in [0, 0.1) is 11.7 Å². The van der Waals surface area contributed by atoms with Crippen molar-refractivity contribution in [3.63, 3.8) is 0 Å². The Morgan fingerprint density at radius 3 is 2.08 bits per heavy atom. The molecule has 0 aromatic heterocycles. The molecule has 0 spiro atoms. The number of hydrogen-bond acceptors (Lipinski definition) is 5. The standard InChI is InChI=1S/C16H14FNO5S/c17-12-3-5-13(6-4-12)22-14-7-9-15(10-8-14)24(20,21)18-23-16(19)11-1-2-11/h3-11,18H,1-2H2. The van der Waals surface area contributed by atoms with Crippen molar-refractivity contribution in [3.05, 3.63) is 54.3 Å². The second kappa shape index (κ2) is 6.58. The molecule has 1 aliphatic rings. The van der Waals surface area contributed by atoms with Crippen LogP contribution in [-0.2, 0) is 19.7 Å². The minimum absolute atomic E-state index is 0.0717. The molecule has 0 bridgehead atoms. The average molecular weight is 351 g/mol. The fraction of sp³-hybridized carbons (Fsp3) is 0.188. The number of benzene rings is 2. The van der Waals surface area contributed by atoms with E-state index in [1.807, 2.05) is 4.89 Å². The average Bonchev–Trinajstić information content (AvgIpc) is 3.40. The van der Waals surface area contributed by atoms with E-state index in [0.29, 0.717) is 11.5 Å². The van der Waals surface area contributed by atoms with Gasteiger partial charge in [-0.25, -0.2) is 12.8 Å². The van der Waals surface area contributed by atoms with Crippen LogP contribution in [0.25, 0.3) is 0 Å². The van der Waals surface area contributed by atoms with Crippen LogP contribution in [0.15, 0.2) is 53.4 Å². The summed E-state index contributed by atoms with van der Waals surface area (Å²) < 4.78 is 42.3. The molecule has 0 atom stereocenters. The summed E-state index contributed by atoms with van der Waals surface area (Å²) in [5, 5.41) is 0. The maximum absolute atomic E-state index is 12.8. The predicted octanol–water partition coefficient (Wildman–Crippen LogP) is 2.76. The Morgan fingerprint density at radius 1 is 1.00 bits per heavy atom. The van der Waals surface area contributed by atoms with Crippen molar-refractivity contribution in [2.45, 2.75) is 17.7 Å². The summed E-state index contributed by atoms with van der Waals surface area (Å²) in [6, 6.07) is 10.9. The van der Waals surface area contributed by atoms with Gasteiger partial charge in [-0.3, -0.25) is 4.79 Å². The molecule has 1 fully saturated rings. The first-order valence-corrected chi connectivity index (χ1v) is 8.68. The van der Waals surface area contributed by atoms with Gasteiger partial charge in [-0.1, -0.05) is 0 Å². The van der Waals surface area contributed by atoms with Crippen LogP contribution < -0.4 is 9.62 Å². The normalized spacial score (nSPS) is 14.2. The molecule has 0 amide bonds. The summed E-state index contributed by atoms with van der Waals surface area (Å²) in [5.41, 5.74) is 0. The third-order valence-corrected chi connectivity index (χ3v) is 4.54. The highest BCUT2D eigenvalue weighted by Crippen LogP contribution is 2.30. The summed E-state index contributed by atoms with van der Waals surface area (Å²) in [6.45, 7) is 0. The van der Waals surface area contributed by atoms with Crippen molar-refractivity contribution in [2.75, 3.05) is 0 Å². The summed E-state index contributed by atoms with van der Waals surface area (Å²) in [5.74, 6) is -0.358. The largest absolute Gasteiger partial charge is 0.457 e. The van der Waals surface area contributed by atoms with Crippen molar-refractivity contribution in [3.8, 4) is 11.5 Å². The molecule has 0 heterocycles. The topological polar surface area (TPSA) is 81.7 Å². The van der Waals surface area contributed by atoms with Crippen LogP contribution >= 0.6 is 0 Å². The number of nitrogens with one attached hydrogen (secondary N) is 1. The molecule has 3 rings (SSSR count). The zero-order chi connectivity index (χ0) is 17.2. The first-order chi connectivity index (χ1) is 11.4. The maximum atomic E-state index is 12.8. The van der Waals surface area contributed by atoms with Gasteiger partial charge >= 0.3 is 5.97 Å². The quantitative estimate of drug-likeness (QED) is 0.809. The van der Waals surface area contributed by atoms with E-state index in [4.69, 9.17) is 4.74 Å². The zero-order valence-corrected chi connectivity index (χ0v) is 13.3. The van der Waals surface area contributed by atoms with E-state index in [-0.39, 0.29) is 16.6 Å². The Balaban J connectivity index is 1.64. The highest BCUT2D eigenvalue weighted by Gasteiger charge is 2.32. The molecule has 24 heavy (non-hydrogen) atoms. The molecular formula is C16H14FNO5S. The number of ether oxygens (including phenoxy) is 1. The number of rotatable bonds is 6. The van der Waals surface area contributed by atoms with Crippen LogP contribution in [0.2, 0.25) is 0 Å². The summed E-state index contributed by atoms with van der Waals surface area (Å²) in [6.07, 6.45) is 1.44. The minimum Gasteiger partial charge on any atom is -0.457 e. The number of halogens is 1. The van der Waals surface area contributed by atoms with Crippen LogP contribution in [0.1, 0.15) is 12.8 Å². The fourth-order valence-electron chi connectivity index (χ4n) is 1.87. The third-order valence-electron chi connectivity index (χ3n) is 3.35. The smallest absolute Gasteiger partial charge is 0.329 e. The molecule has 2 aromatic rings.